The van der Waals surface area contributed by atoms with Gasteiger partial charge in [-0.2, -0.15) is 0 Å². The molecule has 1 aromatic carbocycles. The van der Waals surface area contributed by atoms with Gasteiger partial charge in [0.2, 0.25) is 11.8 Å². The van der Waals surface area contributed by atoms with Gasteiger partial charge in [0.25, 0.3) is 0 Å². The molecule has 4 heteroatoms. The largest absolute Gasteiger partial charge is 0.352 e. The van der Waals surface area contributed by atoms with Crippen LogP contribution in [0.2, 0.25) is 0 Å². The molecule has 4 nitrogen and oxygen atoms in total. The van der Waals surface area contributed by atoms with Crippen LogP contribution in [0.1, 0.15) is 58.1 Å². The lowest BCUT2D eigenvalue weighted by Gasteiger charge is -2.29. The Balaban J connectivity index is 2.88. The smallest absolute Gasteiger partial charge is 0.242 e. The molecular weight excluding hydrogens is 288 g/mol. The number of aryl methyl sites for hydroxylation is 1. The van der Waals surface area contributed by atoms with Crippen LogP contribution < -0.4 is 5.32 Å². The molecule has 0 aliphatic carbocycles. The van der Waals surface area contributed by atoms with Crippen molar-refractivity contribution in [2.24, 2.45) is 0 Å². The van der Waals surface area contributed by atoms with Crippen LogP contribution in [0.4, 0.5) is 0 Å². The molecule has 128 valence electrons. The Bertz CT molecular complexity index is 511. The van der Waals surface area contributed by atoms with Crippen molar-refractivity contribution < 1.29 is 9.59 Å². The number of nitrogens with zero attached hydrogens (tertiary/aromatic N) is 1. The Kier molecular flexibility index (Phi) is 7.79. The quantitative estimate of drug-likeness (QED) is 0.798. The molecule has 0 aliphatic heterocycles. The molecular formula is C19H30N2O2. The molecule has 0 radical (unpaired) electrons. The van der Waals surface area contributed by atoms with E-state index in [2.05, 4.69) is 5.32 Å². The summed E-state index contributed by atoms with van der Waals surface area (Å²) in [5.74, 6) is -0.0595. The zero-order valence-corrected chi connectivity index (χ0v) is 15.1. The Morgan fingerprint density at radius 3 is 2.26 bits per heavy atom. The fourth-order valence-corrected chi connectivity index (χ4v) is 2.30. The first-order chi connectivity index (χ1) is 10.9. The van der Waals surface area contributed by atoms with Crippen LogP contribution in [0.25, 0.3) is 0 Å². The lowest BCUT2D eigenvalue weighted by Crippen LogP contribution is -2.49. The van der Waals surface area contributed by atoms with Gasteiger partial charge in [-0.1, -0.05) is 43.7 Å². The van der Waals surface area contributed by atoms with E-state index in [1.54, 1.807) is 11.8 Å². The monoisotopic (exact) mass is 318 g/mol. The summed E-state index contributed by atoms with van der Waals surface area (Å²) in [6.07, 6.45) is 2.12. The molecule has 0 saturated heterocycles. The van der Waals surface area contributed by atoms with Gasteiger partial charge >= 0.3 is 0 Å². The highest BCUT2D eigenvalue weighted by atomic mass is 16.2. The number of carbonyl (C=O) groups is 2. The summed E-state index contributed by atoms with van der Waals surface area (Å²) >= 11 is 0. The minimum absolute atomic E-state index is 0.0277. The van der Waals surface area contributed by atoms with Gasteiger partial charge < -0.3 is 10.2 Å². The second kappa shape index (κ2) is 9.33. The molecule has 2 amide bonds. The zero-order chi connectivity index (χ0) is 17.4. The van der Waals surface area contributed by atoms with Gasteiger partial charge in [0.1, 0.15) is 6.04 Å². The van der Waals surface area contributed by atoms with Gasteiger partial charge in [0.15, 0.2) is 0 Å². The molecule has 1 rings (SSSR count). The summed E-state index contributed by atoms with van der Waals surface area (Å²) in [6.45, 7) is 10.3. The Morgan fingerprint density at radius 1 is 1.13 bits per heavy atom. The fourth-order valence-electron chi connectivity index (χ4n) is 2.30. The highest BCUT2D eigenvalue weighted by Gasteiger charge is 2.26. The van der Waals surface area contributed by atoms with Crippen LogP contribution in [0.5, 0.6) is 0 Å². The van der Waals surface area contributed by atoms with Crippen molar-refractivity contribution in [2.75, 3.05) is 0 Å². The average molecular weight is 318 g/mol. The van der Waals surface area contributed by atoms with E-state index in [9.17, 15) is 9.59 Å². The third-order valence-electron chi connectivity index (χ3n) is 4.11. The van der Waals surface area contributed by atoms with E-state index < -0.39 is 6.04 Å². The van der Waals surface area contributed by atoms with Crippen molar-refractivity contribution in [3.8, 4) is 0 Å². The van der Waals surface area contributed by atoms with Gasteiger partial charge in [0.05, 0.1) is 0 Å². The van der Waals surface area contributed by atoms with E-state index in [1.165, 1.54) is 5.56 Å². The number of carbonyl (C=O) groups excluding carboxylic acids is 2. The number of rotatable bonds is 8. The first kappa shape index (κ1) is 19.2. The second-order valence-electron chi connectivity index (χ2n) is 6.25. The second-order valence-corrected chi connectivity index (χ2v) is 6.25. The highest BCUT2D eigenvalue weighted by Crippen LogP contribution is 2.13. The van der Waals surface area contributed by atoms with Crippen molar-refractivity contribution in [1.29, 1.82) is 0 Å². The molecule has 1 aromatic rings. The predicted octanol–water partition coefficient (Wildman–Crippen LogP) is 3.43. The minimum atomic E-state index is -0.468. The van der Waals surface area contributed by atoms with Crippen LogP contribution in [-0.4, -0.2) is 28.8 Å². The maximum absolute atomic E-state index is 12.5. The van der Waals surface area contributed by atoms with Gasteiger partial charge in [0, 0.05) is 19.0 Å². The average Bonchev–Trinajstić information content (AvgIpc) is 2.53. The fraction of sp³-hybridized carbons (Fsp3) is 0.579. The third-order valence-corrected chi connectivity index (χ3v) is 4.11. The van der Waals surface area contributed by atoms with Gasteiger partial charge in [-0.25, -0.2) is 0 Å². The molecule has 0 saturated carbocycles. The summed E-state index contributed by atoms with van der Waals surface area (Å²) in [7, 11) is 0. The number of hydrogen-bond donors (Lipinski definition) is 1. The lowest BCUT2D eigenvalue weighted by atomic mass is 10.1. The lowest BCUT2D eigenvalue weighted by molar-refractivity contribution is -0.140. The summed E-state index contributed by atoms with van der Waals surface area (Å²) < 4.78 is 0. The van der Waals surface area contributed by atoms with Crippen LogP contribution in [-0.2, 0) is 16.1 Å². The summed E-state index contributed by atoms with van der Waals surface area (Å²) in [4.78, 5) is 26.5. The number of amides is 2. The maximum Gasteiger partial charge on any atom is 0.242 e. The Hall–Kier alpha value is -1.84. The molecule has 2 atom stereocenters. The van der Waals surface area contributed by atoms with Crippen LogP contribution in [0.15, 0.2) is 24.3 Å². The van der Waals surface area contributed by atoms with E-state index >= 15 is 0 Å². The molecule has 1 N–H and O–H groups in total. The van der Waals surface area contributed by atoms with Crippen molar-refractivity contribution in [3.63, 3.8) is 0 Å². The third kappa shape index (κ3) is 6.05. The topological polar surface area (TPSA) is 49.4 Å². The normalized spacial score (nSPS) is 13.3. The maximum atomic E-state index is 12.5. The summed E-state index contributed by atoms with van der Waals surface area (Å²) in [5, 5.41) is 2.97. The van der Waals surface area contributed by atoms with Gasteiger partial charge in [-0.15, -0.1) is 0 Å². The zero-order valence-electron chi connectivity index (χ0n) is 15.1. The molecule has 0 unspecified atom stereocenters. The molecule has 0 heterocycles. The molecule has 0 bridgehead atoms. The molecule has 0 spiro atoms. The van der Waals surface area contributed by atoms with E-state index in [4.69, 9.17) is 0 Å². The van der Waals surface area contributed by atoms with E-state index in [1.807, 2.05) is 52.0 Å². The summed E-state index contributed by atoms with van der Waals surface area (Å²) in [6, 6.07) is 7.74. The Morgan fingerprint density at radius 2 is 1.74 bits per heavy atom. The van der Waals surface area contributed by atoms with Crippen LogP contribution >= 0.6 is 0 Å². The summed E-state index contributed by atoms with van der Waals surface area (Å²) in [5.41, 5.74) is 2.23. The first-order valence-corrected chi connectivity index (χ1v) is 8.54. The van der Waals surface area contributed by atoms with Crippen LogP contribution in [0, 0.1) is 6.92 Å². The number of nitrogens with one attached hydrogen (secondary N) is 1. The highest BCUT2D eigenvalue weighted by molar-refractivity contribution is 5.87. The Labute approximate surface area is 140 Å². The van der Waals surface area contributed by atoms with Gasteiger partial charge in [-0.05, 0) is 39.2 Å². The van der Waals surface area contributed by atoms with E-state index in [0.717, 1.165) is 18.4 Å². The first-order valence-electron chi connectivity index (χ1n) is 8.54. The predicted molar refractivity (Wildman–Crippen MR) is 94.0 cm³/mol. The van der Waals surface area contributed by atoms with Crippen LogP contribution in [0.3, 0.4) is 0 Å². The van der Waals surface area contributed by atoms with Crippen molar-refractivity contribution >= 4 is 11.8 Å². The van der Waals surface area contributed by atoms with E-state index in [-0.39, 0.29) is 17.9 Å². The van der Waals surface area contributed by atoms with E-state index in [0.29, 0.717) is 13.0 Å². The molecule has 0 aliphatic rings. The molecule has 0 aromatic heterocycles. The molecule has 0 fully saturated rings. The minimum Gasteiger partial charge on any atom is -0.352 e. The molecule has 23 heavy (non-hydrogen) atoms. The van der Waals surface area contributed by atoms with Crippen molar-refractivity contribution in [3.05, 3.63) is 35.4 Å². The van der Waals surface area contributed by atoms with Crippen molar-refractivity contribution in [2.45, 2.75) is 72.5 Å². The SMILES string of the molecule is CCCC(=O)N(Cc1ccc(C)cc1)[C@@H](C)C(=O)N[C@@H](C)CC. The van der Waals surface area contributed by atoms with Crippen molar-refractivity contribution in [1.82, 2.24) is 10.2 Å². The standard InChI is InChI=1S/C19H30N2O2/c1-6-8-18(22)21(13-17-11-9-14(3)10-12-17)16(5)19(23)20-15(4)7-2/h9-12,15-16H,6-8,13H2,1-5H3,(H,20,23)/t15-,16-/m0/s1. The number of benzene rings is 1. The van der Waals surface area contributed by atoms with Gasteiger partial charge in [-0.3, -0.25) is 9.59 Å². The number of hydrogen-bond acceptors (Lipinski definition) is 2.